The van der Waals surface area contributed by atoms with Crippen molar-refractivity contribution < 1.29 is 0 Å². The lowest BCUT2D eigenvalue weighted by molar-refractivity contribution is 1.46. The van der Waals surface area contributed by atoms with E-state index in [9.17, 15) is 0 Å². The molecule has 1 aliphatic heterocycles. The van der Waals surface area contributed by atoms with Gasteiger partial charge in [0.25, 0.3) is 0 Å². The molecule has 0 spiro atoms. The van der Waals surface area contributed by atoms with Crippen LogP contribution in [0.4, 0.5) is 0 Å². The van der Waals surface area contributed by atoms with Crippen molar-refractivity contribution in [3.8, 4) is 0 Å². The van der Waals surface area contributed by atoms with Gasteiger partial charge in [-0.15, -0.1) is 23.5 Å². The van der Waals surface area contributed by atoms with Crippen LogP contribution in [0.25, 0.3) is 6.08 Å². The summed E-state index contributed by atoms with van der Waals surface area (Å²) in [6, 6.07) is 8.68. The molecule has 0 N–H and O–H groups in total. The van der Waals surface area contributed by atoms with Crippen molar-refractivity contribution in [1.29, 1.82) is 0 Å². The van der Waals surface area contributed by atoms with Crippen molar-refractivity contribution in [2.75, 3.05) is 11.5 Å². The SMILES string of the molecule is Cc1ccc(/C=C/C2SCCS2)cc1. The lowest BCUT2D eigenvalue weighted by Gasteiger charge is -1.99. The third-order valence-electron chi connectivity index (χ3n) is 2.17. The van der Waals surface area contributed by atoms with Crippen LogP contribution in [0.3, 0.4) is 0 Å². The minimum absolute atomic E-state index is 0.677. The van der Waals surface area contributed by atoms with E-state index >= 15 is 0 Å². The zero-order valence-corrected chi connectivity index (χ0v) is 9.91. The summed E-state index contributed by atoms with van der Waals surface area (Å²) in [5.74, 6) is 2.60. The van der Waals surface area contributed by atoms with Gasteiger partial charge in [0.15, 0.2) is 0 Å². The molecule has 1 saturated heterocycles. The van der Waals surface area contributed by atoms with Gasteiger partial charge in [-0.05, 0) is 12.5 Å². The maximum atomic E-state index is 2.31. The summed E-state index contributed by atoms with van der Waals surface area (Å²) in [5, 5.41) is 0. The zero-order chi connectivity index (χ0) is 9.80. The highest BCUT2D eigenvalue weighted by molar-refractivity contribution is 8.20. The normalized spacial score (nSPS) is 18.1. The molecular weight excluding hydrogens is 208 g/mol. The highest BCUT2D eigenvalue weighted by Crippen LogP contribution is 2.33. The average Bonchev–Trinajstić information content (AvgIpc) is 2.70. The Hall–Kier alpha value is -0.340. The molecule has 74 valence electrons. The van der Waals surface area contributed by atoms with Gasteiger partial charge in [-0.25, -0.2) is 0 Å². The number of hydrogen-bond acceptors (Lipinski definition) is 2. The van der Waals surface area contributed by atoms with Crippen molar-refractivity contribution in [1.82, 2.24) is 0 Å². The molecule has 1 heterocycles. The van der Waals surface area contributed by atoms with Gasteiger partial charge in [-0.2, -0.15) is 0 Å². The summed E-state index contributed by atoms with van der Waals surface area (Å²) >= 11 is 4.08. The standard InChI is InChI=1S/C12H14S2/c1-10-2-4-11(5-3-10)6-7-12-13-8-9-14-12/h2-7,12H,8-9H2,1H3/b7-6+. The molecule has 0 nitrogen and oxygen atoms in total. The van der Waals surface area contributed by atoms with Crippen LogP contribution in [0.15, 0.2) is 30.3 Å². The van der Waals surface area contributed by atoms with Gasteiger partial charge in [-0.1, -0.05) is 42.0 Å². The van der Waals surface area contributed by atoms with Gasteiger partial charge in [0, 0.05) is 11.5 Å². The summed E-state index contributed by atoms with van der Waals surface area (Å²) in [6.07, 6.45) is 4.54. The number of benzene rings is 1. The Morgan fingerprint density at radius 1 is 1.14 bits per heavy atom. The summed E-state index contributed by atoms with van der Waals surface area (Å²) in [4.78, 5) is 0. The van der Waals surface area contributed by atoms with Crippen LogP contribution in [0.2, 0.25) is 0 Å². The Kier molecular flexibility index (Phi) is 3.60. The van der Waals surface area contributed by atoms with Crippen LogP contribution in [0, 0.1) is 6.92 Å². The van der Waals surface area contributed by atoms with Crippen molar-refractivity contribution >= 4 is 29.6 Å². The van der Waals surface area contributed by atoms with E-state index in [1.54, 1.807) is 0 Å². The summed E-state index contributed by atoms with van der Waals surface area (Å²) < 4.78 is 0.677. The lowest BCUT2D eigenvalue weighted by Crippen LogP contribution is -1.82. The van der Waals surface area contributed by atoms with E-state index in [1.165, 1.54) is 22.6 Å². The van der Waals surface area contributed by atoms with Crippen LogP contribution >= 0.6 is 23.5 Å². The smallest absolute Gasteiger partial charge is 0.0686 e. The molecule has 1 aromatic carbocycles. The van der Waals surface area contributed by atoms with E-state index in [4.69, 9.17) is 0 Å². The van der Waals surface area contributed by atoms with Crippen LogP contribution in [0.5, 0.6) is 0 Å². The fraction of sp³-hybridized carbons (Fsp3) is 0.333. The second-order valence-corrected chi connectivity index (χ2v) is 6.18. The molecule has 0 unspecified atom stereocenters. The van der Waals surface area contributed by atoms with Gasteiger partial charge in [-0.3, -0.25) is 0 Å². The topological polar surface area (TPSA) is 0 Å². The molecule has 0 saturated carbocycles. The molecule has 1 aliphatic rings. The Balaban J connectivity index is 1.99. The third-order valence-corrected chi connectivity index (χ3v) is 5.10. The fourth-order valence-electron chi connectivity index (χ4n) is 1.35. The Morgan fingerprint density at radius 3 is 2.43 bits per heavy atom. The molecule has 0 amide bonds. The molecule has 2 heteroatoms. The molecular formula is C12H14S2. The second-order valence-electron chi connectivity index (χ2n) is 3.38. The quantitative estimate of drug-likeness (QED) is 0.746. The van der Waals surface area contributed by atoms with E-state index < -0.39 is 0 Å². The van der Waals surface area contributed by atoms with E-state index in [0.29, 0.717) is 4.58 Å². The van der Waals surface area contributed by atoms with E-state index in [-0.39, 0.29) is 0 Å². The predicted octanol–water partition coefficient (Wildman–Crippen LogP) is 3.81. The molecule has 1 fully saturated rings. The number of rotatable bonds is 2. The molecule has 0 aliphatic carbocycles. The van der Waals surface area contributed by atoms with E-state index in [2.05, 4.69) is 43.3 Å². The first kappa shape index (κ1) is 10.2. The molecule has 14 heavy (non-hydrogen) atoms. The first-order chi connectivity index (χ1) is 6.84. The van der Waals surface area contributed by atoms with Gasteiger partial charge in [0.1, 0.15) is 0 Å². The Morgan fingerprint density at radius 2 is 1.79 bits per heavy atom. The van der Waals surface area contributed by atoms with E-state index in [1.807, 2.05) is 23.5 Å². The summed E-state index contributed by atoms with van der Waals surface area (Å²) in [6.45, 7) is 2.12. The number of thioether (sulfide) groups is 2. The molecule has 0 bridgehead atoms. The predicted molar refractivity (Wildman–Crippen MR) is 68.9 cm³/mol. The van der Waals surface area contributed by atoms with Gasteiger partial charge in [0.2, 0.25) is 0 Å². The number of aryl methyl sites for hydroxylation is 1. The maximum absolute atomic E-state index is 2.31. The van der Waals surface area contributed by atoms with Crippen LogP contribution in [-0.2, 0) is 0 Å². The molecule has 2 rings (SSSR count). The van der Waals surface area contributed by atoms with Crippen LogP contribution < -0.4 is 0 Å². The minimum Gasteiger partial charge on any atom is -0.143 e. The minimum atomic E-state index is 0.677. The molecule has 0 atom stereocenters. The van der Waals surface area contributed by atoms with Crippen molar-refractivity contribution in [2.24, 2.45) is 0 Å². The monoisotopic (exact) mass is 222 g/mol. The van der Waals surface area contributed by atoms with Crippen LogP contribution in [0.1, 0.15) is 11.1 Å². The molecule has 0 aromatic heterocycles. The van der Waals surface area contributed by atoms with Gasteiger partial charge in [0.05, 0.1) is 4.58 Å². The highest BCUT2D eigenvalue weighted by atomic mass is 32.2. The first-order valence-electron chi connectivity index (χ1n) is 4.83. The second kappa shape index (κ2) is 4.94. The van der Waals surface area contributed by atoms with Crippen molar-refractivity contribution in [2.45, 2.75) is 11.5 Å². The van der Waals surface area contributed by atoms with Gasteiger partial charge >= 0.3 is 0 Å². The van der Waals surface area contributed by atoms with Crippen LogP contribution in [-0.4, -0.2) is 16.1 Å². The number of hydrogen-bond donors (Lipinski definition) is 0. The van der Waals surface area contributed by atoms with Crippen molar-refractivity contribution in [3.63, 3.8) is 0 Å². The maximum Gasteiger partial charge on any atom is 0.0686 e. The van der Waals surface area contributed by atoms with E-state index in [0.717, 1.165) is 0 Å². The highest BCUT2D eigenvalue weighted by Gasteiger charge is 2.11. The molecule has 1 aromatic rings. The summed E-state index contributed by atoms with van der Waals surface area (Å²) in [7, 11) is 0. The zero-order valence-electron chi connectivity index (χ0n) is 8.27. The summed E-state index contributed by atoms with van der Waals surface area (Å²) in [5.41, 5.74) is 2.63. The molecule has 0 radical (unpaired) electrons. The fourth-order valence-corrected chi connectivity index (χ4v) is 3.93. The third kappa shape index (κ3) is 2.82. The largest absolute Gasteiger partial charge is 0.143 e. The first-order valence-corrected chi connectivity index (χ1v) is 6.92. The van der Waals surface area contributed by atoms with Crippen molar-refractivity contribution in [3.05, 3.63) is 41.5 Å². The average molecular weight is 222 g/mol. The lowest BCUT2D eigenvalue weighted by atomic mass is 10.1. The Bertz CT molecular complexity index is 308. The Labute approximate surface area is 94.2 Å². The van der Waals surface area contributed by atoms with Gasteiger partial charge < -0.3 is 0 Å².